The van der Waals surface area contributed by atoms with E-state index in [1.807, 2.05) is 35.2 Å². The summed E-state index contributed by atoms with van der Waals surface area (Å²) in [4.78, 5) is 19.9. The molecule has 1 saturated heterocycles. The van der Waals surface area contributed by atoms with Crippen molar-refractivity contribution in [3.63, 3.8) is 0 Å². The van der Waals surface area contributed by atoms with Gasteiger partial charge in [0.15, 0.2) is 0 Å². The molecule has 5 nitrogen and oxygen atoms in total. The summed E-state index contributed by atoms with van der Waals surface area (Å²) in [7, 11) is 1.66. The fourth-order valence-corrected chi connectivity index (χ4v) is 5.19. The first-order valence-corrected chi connectivity index (χ1v) is 11.4. The Morgan fingerprint density at radius 3 is 2.67 bits per heavy atom. The van der Waals surface area contributed by atoms with Crippen LogP contribution in [-0.4, -0.2) is 36.1 Å². The zero-order chi connectivity index (χ0) is 21.1. The molecule has 4 rings (SSSR count). The van der Waals surface area contributed by atoms with Crippen molar-refractivity contribution < 1.29 is 9.53 Å². The normalized spacial score (nSPS) is 17.9. The molecule has 0 aliphatic carbocycles. The molecule has 2 atom stereocenters. The summed E-state index contributed by atoms with van der Waals surface area (Å²) in [5, 5.41) is 4.41. The molecule has 2 aromatic carbocycles. The van der Waals surface area contributed by atoms with Crippen LogP contribution in [0.3, 0.4) is 0 Å². The van der Waals surface area contributed by atoms with Gasteiger partial charge in [0, 0.05) is 19.0 Å². The number of thiazole rings is 1. The zero-order valence-corrected chi connectivity index (χ0v) is 18.6. The van der Waals surface area contributed by atoms with E-state index < -0.39 is 0 Å². The van der Waals surface area contributed by atoms with E-state index in [2.05, 4.69) is 37.4 Å². The summed E-state index contributed by atoms with van der Waals surface area (Å²) in [5.41, 5.74) is 2.15. The number of hydrogen-bond donors (Lipinski definition) is 1. The third-order valence-electron chi connectivity index (χ3n) is 5.79. The number of fused-ring (bicyclic) bond motifs is 1. The van der Waals surface area contributed by atoms with Crippen LogP contribution in [0.2, 0.25) is 0 Å². The monoisotopic (exact) mass is 423 g/mol. The fourth-order valence-electron chi connectivity index (χ4n) is 4.10. The Kier molecular flexibility index (Phi) is 6.23. The lowest BCUT2D eigenvalue weighted by atomic mass is 9.95. The molecule has 1 aliphatic rings. The molecule has 1 aliphatic heterocycles. The number of para-hydroxylation sites is 1. The van der Waals surface area contributed by atoms with E-state index in [0.717, 1.165) is 47.8 Å². The minimum atomic E-state index is -0.0359. The van der Waals surface area contributed by atoms with Crippen molar-refractivity contribution in [1.82, 2.24) is 15.2 Å². The average Bonchev–Trinajstić information content (AvgIpc) is 3.22. The van der Waals surface area contributed by atoms with Crippen LogP contribution in [0, 0.1) is 5.92 Å². The van der Waals surface area contributed by atoms with E-state index in [0.29, 0.717) is 5.92 Å². The number of urea groups is 1. The summed E-state index contributed by atoms with van der Waals surface area (Å²) < 4.78 is 6.48. The van der Waals surface area contributed by atoms with Gasteiger partial charge in [0.05, 0.1) is 28.4 Å². The predicted molar refractivity (Wildman–Crippen MR) is 122 cm³/mol. The first-order chi connectivity index (χ1) is 14.5. The number of likely N-dealkylation sites (tertiary alicyclic amines) is 1. The number of aromatic nitrogens is 1. The van der Waals surface area contributed by atoms with E-state index in [-0.39, 0.29) is 18.0 Å². The largest absolute Gasteiger partial charge is 0.497 e. The van der Waals surface area contributed by atoms with Gasteiger partial charge in [-0.1, -0.05) is 38.1 Å². The second-order valence-corrected chi connectivity index (χ2v) is 9.31. The molecule has 2 amide bonds. The van der Waals surface area contributed by atoms with Crippen LogP contribution in [0.15, 0.2) is 48.5 Å². The maximum Gasteiger partial charge on any atom is 0.317 e. The van der Waals surface area contributed by atoms with E-state index in [9.17, 15) is 4.79 Å². The lowest BCUT2D eigenvalue weighted by Gasteiger charge is -2.34. The van der Waals surface area contributed by atoms with Gasteiger partial charge >= 0.3 is 6.03 Å². The van der Waals surface area contributed by atoms with Crippen LogP contribution >= 0.6 is 11.3 Å². The molecule has 158 valence electrons. The number of ether oxygens (including phenoxy) is 1. The third kappa shape index (κ3) is 4.43. The maximum absolute atomic E-state index is 13.1. The van der Waals surface area contributed by atoms with Gasteiger partial charge in [0.25, 0.3) is 0 Å². The standard InChI is InChI=1S/C24H29N3O2S/c1-16(2)22(17-10-12-19(29-3)13-11-17)26-24(28)27-14-6-7-18(15-27)23-25-20-8-4-5-9-21(20)30-23/h4-5,8-13,16,18,22H,6-7,14-15H2,1-3H3,(H,26,28)/t18-,22-/m0/s1. The molecule has 1 fully saturated rings. The molecule has 0 unspecified atom stereocenters. The molecule has 1 aromatic heterocycles. The molecule has 0 saturated carbocycles. The first-order valence-electron chi connectivity index (χ1n) is 10.6. The van der Waals surface area contributed by atoms with Gasteiger partial charge in [-0.25, -0.2) is 9.78 Å². The van der Waals surface area contributed by atoms with Gasteiger partial charge in [-0.15, -0.1) is 11.3 Å². The highest BCUT2D eigenvalue weighted by molar-refractivity contribution is 7.18. The number of amides is 2. The highest BCUT2D eigenvalue weighted by Crippen LogP contribution is 2.33. The molecule has 2 heterocycles. The van der Waals surface area contributed by atoms with E-state index >= 15 is 0 Å². The Morgan fingerprint density at radius 2 is 1.97 bits per heavy atom. The summed E-state index contributed by atoms with van der Waals surface area (Å²) in [6.45, 7) is 5.78. The van der Waals surface area contributed by atoms with Gasteiger partial charge < -0.3 is 15.0 Å². The summed E-state index contributed by atoms with van der Waals surface area (Å²) in [6, 6.07) is 16.2. The zero-order valence-electron chi connectivity index (χ0n) is 17.8. The maximum atomic E-state index is 13.1. The number of methoxy groups -OCH3 is 1. The Labute approximate surface area is 182 Å². The Hall–Kier alpha value is -2.60. The lowest BCUT2D eigenvalue weighted by Crippen LogP contribution is -2.46. The molecular formula is C24H29N3O2S. The third-order valence-corrected chi connectivity index (χ3v) is 6.99. The molecule has 6 heteroatoms. The number of carbonyl (C=O) groups excluding carboxylic acids is 1. The molecule has 30 heavy (non-hydrogen) atoms. The van der Waals surface area contributed by atoms with Crippen molar-refractivity contribution in [2.24, 2.45) is 5.92 Å². The number of benzene rings is 2. The van der Waals surface area contributed by atoms with Gasteiger partial charge in [0.1, 0.15) is 5.75 Å². The smallest absolute Gasteiger partial charge is 0.317 e. The van der Waals surface area contributed by atoms with Gasteiger partial charge in [-0.2, -0.15) is 0 Å². The van der Waals surface area contributed by atoms with Crippen molar-refractivity contribution in [3.05, 3.63) is 59.1 Å². The van der Waals surface area contributed by atoms with Crippen LogP contribution in [0.5, 0.6) is 5.75 Å². The van der Waals surface area contributed by atoms with Crippen LogP contribution < -0.4 is 10.1 Å². The van der Waals surface area contributed by atoms with Gasteiger partial charge in [-0.05, 0) is 48.6 Å². The van der Waals surface area contributed by atoms with Crippen molar-refractivity contribution in [2.45, 2.75) is 38.6 Å². The van der Waals surface area contributed by atoms with E-state index in [1.54, 1.807) is 18.4 Å². The van der Waals surface area contributed by atoms with Crippen molar-refractivity contribution >= 4 is 27.6 Å². The highest BCUT2D eigenvalue weighted by atomic mass is 32.1. The number of rotatable bonds is 5. The van der Waals surface area contributed by atoms with E-state index in [1.165, 1.54) is 4.70 Å². The van der Waals surface area contributed by atoms with Crippen LogP contribution in [0.25, 0.3) is 10.2 Å². The molecule has 0 bridgehead atoms. The van der Waals surface area contributed by atoms with Crippen LogP contribution in [0.1, 0.15) is 49.2 Å². The topological polar surface area (TPSA) is 54.5 Å². The van der Waals surface area contributed by atoms with E-state index in [4.69, 9.17) is 9.72 Å². The second-order valence-electron chi connectivity index (χ2n) is 8.25. The second kappa shape index (κ2) is 9.04. The summed E-state index contributed by atoms with van der Waals surface area (Å²) >= 11 is 1.76. The Morgan fingerprint density at radius 1 is 1.20 bits per heavy atom. The van der Waals surface area contributed by atoms with Gasteiger partial charge in [-0.3, -0.25) is 0 Å². The number of nitrogens with one attached hydrogen (secondary N) is 1. The average molecular weight is 424 g/mol. The van der Waals surface area contributed by atoms with Gasteiger partial charge in [0.2, 0.25) is 0 Å². The van der Waals surface area contributed by atoms with Crippen LogP contribution in [-0.2, 0) is 0 Å². The van der Waals surface area contributed by atoms with Crippen molar-refractivity contribution in [1.29, 1.82) is 0 Å². The SMILES string of the molecule is COc1ccc([C@@H](NC(=O)N2CCC[C@H](c3nc4ccccc4s3)C2)C(C)C)cc1. The molecule has 0 spiro atoms. The van der Waals surface area contributed by atoms with Crippen molar-refractivity contribution in [3.8, 4) is 5.75 Å². The van der Waals surface area contributed by atoms with Crippen molar-refractivity contribution in [2.75, 3.05) is 20.2 Å². The molecule has 1 N–H and O–H groups in total. The molecular weight excluding hydrogens is 394 g/mol. The summed E-state index contributed by atoms with van der Waals surface area (Å²) in [5.74, 6) is 1.41. The summed E-state index contributed by atoms with van der Waals surface area (Å²) in [6.07, 6.45) is 2.08. The molecule has 0 radical (unpaired) electrons. The minimum absolute atomic E-state index is 0.00956. The van der Waals surface area contributed by atoms with Crippen LogP contribution in [0.4, 0.5) is 4.79 Å². The fraction of sp³-hybridized carbons (Fsp3) is 0.417. The molecule has 3 aromatic rings. The Bertz CT molecular complexity index is 966. The number of nitrogens with zero attached hydrogens (tertiary/aromatic N) is 2. The first kappa shape index (κ1) is 20.7. The predicted octanol–water partition coefficient (Wildman–Crippen LogP) is 5.59. The number of hydrogen-bond acceptors (Lipinski definition) is 4. The highest BCUT2D eigenvalue weighted by Gasteiger charge is 2.29. The number of piperidine rings is 1. The quantitative estimate of drug-likeness (QED) is 0.582. The minimum Gasteiger partial charge on any atom is -0.497 e. The Balaban J connectivity index is 1.46. The lowest BCUT2D eigenvalue weighted by molar-refractivity contribution is 0.172. The number of carbonyl (C=O) groups is 1.